The standard InChI is InChI=1S/C9H15NO2/c1-2-12-7(11)9(10)6-5-8(9)3-4-8/h2-6,10H2,1H3. The lowest BCUT2D eigenvalue weighted by Gasteiger charge is -2.45. The first-order chi connectivity index (χ1) is 5.65. The van der Waals surface area contributed by atoms with Gasteiger partial charge in [-0.05, 0) is 38.0 Å². The summed E-state index contributed by atoms with van der Waals surface area (Å²) in [6, 6.07) is 0. The van der Waals surface area contributed by atoms with E-state index in [9.17, 15) is 4.79 Å². The van der Waals surface area contributed by atoms with Gasteiger partial charge in [-0.15, -0.1) is 0 Å². The van der Waals surface area contributed by atoms with Crippen molar-refractivity contribution in [1.82, 2.24) is 0 Å². The molecule has 0 saturated heterocycles. The summed E-state index contributed by atoms with van der Waals surface area (Å²) in [4.78, 5) is 11.5. The second kappa shape index (κ2) is 2.22. The fraction of sp³-hybridized carbons (Fsp3) is 0.889. The zero-order chi connectivity index (χ0) is 8.82. The Morgan fingerprint density at radius 2 is 2.00 bits per heavy atom. The largest absolute Gasteiger partial charge is 0.465 e. The molecule has 0 amide bonds. The molecule has 2 N–H and O–H groups in total. The minimum Gasteiger partial charge on any atom is -0.465 e. The third kappa shape index (κ3) is 0.774. The molecule has 3 heteroatoms. The van der Waals surface area contributed by atoms with E-state index in [4.69, 9.17) is 10.5 Å². The van der Waals surface area contributed by atoms with Gasteiger partial charge in [0.05, 0.1) is 6.61 Å². The van der Waals surface area contributed by atoms with E-state index in [0.29, 0.717) is 6.61 Å². The molecule has 0 aromatic heterocycles. The van der Waals surface area contributed by atoms with Crippen LogP contribution >= 0.6 is 0 Å². The first-order valence-electron chi connectivity index (χ1n) is 4.61. The van der Waals surface area contributed by atoms with E-state index in [2.05, 4.69) is 0 Å². The highest BCUT2D eigenvalue weighted by molar-refractivity contribution is 5.84. The normalized spacial score (nSPS) is 35.8. The molecule has 12 heavy (non-hydrogen) atoms. The average Bonchev–Trinajstić information content (AvgIpc) is 2.82. The lowest BCUT2D eigenvalue weighted by molar-refractivity contribution is -0.158. The quantitative estimate of drug-likeness (QED) is 0.623. The van der Waals surface area contributed by atoms with Crippen LogP contribution in [0.4, 0.5) is 0 Å². The zero-order valence-corrected chi connectivity index (χ0v) is 7.43. The fourth-order valence-electron chi connectivity index (χ4n) is 2.17. The van der Waals surface area contributed by atoms with Crippen LogP contribution in [0.25, 0.3) is 0 Å². The van der Waals surface area contributed by atoms with E-state index >= 15 is 0 Å². The minimum absolute atomic E-state index is 0.152. The summed E-state index contributed by atoms with van der Waals surface area (Å²) in [5.74, 6) is -0.186. The van der Waals surface area contributed by atoms with Crippen molar-refractivity contribution in [1.29, 1.82) is 0 Å². The maximum atomic E-state index is 11.5. The molecular weight excluding hydrogens is 154 g/mol. The van der Waals surface area contributed by atoms with Gasteiger partial charge in [-0.25, -0.2) is 0 Å². The first-order valence-corrected chi connectivity index (χ1v) is 4.61. The molecule has 2 fully saturated rings. The van der Waals surface area contributed by atoms with Crippen LogP contribution in [-0.2, 0) is 9.53 Å². The number of esters is 1. The fourth-order valence-corrected chi connectivity index (χ4v) is 2.17. The highest BCUT2D eigenvalue weighted by Gasteiger charge is 2.68. The molecule has 2 saturated carbocycles. The highest BCUT2D eigenvalue weighted by atomic mass is 16.5. The molecule has 0 aliphatic heterocycles. The van der Waals surface area contributed by atoms with E-state index < -0.39 is 5.54 Å². The number of hydrogen-bond donors (Lipinski definition) is 1. The van der Waals surface area contributed by atoms with Crippen molar-refractivity contribution in [3.8, 4) is 0 Å². The van der Waals surface area contributed by atoms with E-state index in [1.165, 1.54) is 0 Å². The summed E-state index contributed by atoms with van der Waals surface area (Å²) in [7, 11) is 0. The Labute approximate surface area is 72.3 Å². The molecule has 1 unspecified atom stereocenters. The van der Waals surface area contributed by atoms with Crippen molar-refractivity contribution in [2.45, 2.75) is 38.1 Å². The third-order valence-electron chi connectivity index (χ3n) is 3.44. The molecule has 2 aliphatic rings. The molecular formula is C9H15NO2. The lowest BCUT2D eigenvalue weighted by Crippen LogP contribution is -2.63. The number of rotatable bonds is 2. The number of carbonyl (C=O) groups is 1. The van der Waals surface area contributed by atoms with Crippen LogP contribution in [0.1, 0.15) is 32.6 Å². The average molecular weight is 169 g/mol. The summed E-state index contributed by atoms with van der Waals surface area (Å²) in [6.07, 6.45) is 4.15. The van der Waals surface area contributed by atoms with Gasteiger partial charge < -0.3 is 10.5 Å². The van der Waals surface area contributed by atoms with Crippen LogP contribution in [0, 0.1) is 5.41 Å². The van der Waals surface area contributed by atoms with Crippen molar-refractivity contribution < 1.29 is 9.53 Å². The van der Waals surface area contributed by atoms with Crippen molar-refractivity contribution in [2.24, 2.45) is 11.1 Å². The van der Waals surface area contributed by atoms with Crippen LogP contribution in [-0.4, -0.2) is 18.1 Å². The monoisotopic (exact) mass is 169 g/mol. The molecule has 0 heterocycles. The Morgan fingerprint density at radius 1 is 1.42 bits per heavy atom. The maximum absolute atomic E-state index is 11.5. The Hall–Kier alpha value is -0.570. The summed E-state index contributed by atoms with van der Waals surface area (Å²) in [5.41, 5.74) is 5.53. The molecule has 0 aromatic rings. The van der Waals surface area contributed by atoms with Gasteiger partial charge in [0.2, 0.25) is 0 Å². The van der Waals surface area contributed by atoms with Gasteiger partial charge in [-0.3, -0.25) is 4.79 Å². The zero-order valence-electron chi connectivity index (χ0n) is 7.43. The predicted molar refractivity (Wildman–Crippen MR) is 44.5 cm³/mol. The van der Waals surface area contributed by atoms with E-state index in [1.54, 1.807) is 0 Å². The molecule has 3 nitrogen and oxygen atoms in total. The number of ether oxygens (including phenoxy) is 1. The Morgan fingerprint density at radius 3 is 2.33 bits per heavy atom. The van der Waals surface area contributed by atoms with Gasteiger partial charge in [-0.2, -0.15) is 0 Å². The number of nitrogens with two attached hydrogens (primary N) is 1. The second-order valence-corrected chi connectivity index (χ2v) is 3.97. The van der Waals surface area contributed by atoms with E-state index in [-0.39, 0.29) is 11.4 Å². The molecule has 0 bridgehead atoms. The SMILES string of the molecule is CCOC(=O)C1(N)CCC12CC2. The molecule has 0 aromatic carbocycles. The third-order valence-corrected chi connectivity index (χ3v) is 3.44. The van der Waals surface area contributed by atoms with Gasteiger partial charge in [0.25, 0.3) is 0 Å². The molecule has 2 aliphatic carbocycles. The first kappa shape index (κ1) is 8.05. The van der Waals surface area contributed by atoms with Crippen molar-refractivity contribution in [3.63, 3.8) is 0 Å². The van der Waals surface area contributed by atoms with Crippen LogP contribution in [0.3, 0.4) is 0 Å². The van der Waals surface area contributed by atoms with Gasteiger partial charge in [0, 0.05) is 0 Å². The van der Waals surface area contributed by atoms with Gasteiger partial charge in [0.1, 0.15) is 5.54 Å². The lowest BCUT2D eigenvalue weighted by atomic mass is 9.64. The summed E-state index contributed by atoms with van der Waals surface area (Å²) < 4.78 is 4.96. The Bertz CT molecular complexity index is 223. The summed E-state index contributed by atoms with van der Waals surface area (Å²) in [6.45, 7) is 2.26. The van der Waals surface area contributed by atoms with Gasteiger partial charge >= 0.3 is 5.97 Å². The summed E-state index contributed by atoms with van der Waals surface area (Å²) >= 11 is 0. The molecule has 1 atom stereocenters. The topological polar surface area (TPSA) is 52.3 Å². The second-order valence-electron chi connectivity index (χ2n) is 3.97. The van der Waals surface area contributed by atoms with Crippen LogP contribution in [0.5, 0.6) is 0 Å². The van der Waals surface area contributed by atoms with Crippen LogP contribution < -0.4 is 5.73 Å². The van der Waals surface area contributed by atoms with Crippen LogP contribution in [0.15, 0.2) is 0 Å². The van der Waals surface area contributed by atoms with Crippen molar-refractivity contribution >= 4 is 5.97 Å². The number of hydrogen-bond acceptors (Lipinski definition) is 3. The minimum atomic E-state index is -0.622. The smallest absolute Gasteiger partial charge is 0.326 e. The van der Waals surface area contributed by atoms with Crippen LogP contribution in [0.2, 0.25) is 0 Å². The van der Waals surface area contributed by atoms with E-state index in [0.717, 1.165) is 25.7 Å². The molecule has 0 radical (unpaired) electrons. The Kier molecular flexibility index (Phi) is 1.49. The molecule has 68 valence electrons. The highest BCUT2D eigenvalue weighted by Crippen LogP contribution is 2.65. The van der Waals surface area contributed by atoms with E-state index in [1.807, 2.05) is 6.92 Å². The van der Waals surface area contributed by atoms with Gasteiger partial charge in [-0.1, -0.05) is 0 Å². The van der Waals surface area contributed by atoms with Gasteiger partial charge in [0.15, 0.2) is 0 Å². The molecule has 2 rings (SSSR count). The maximum Gasteiger partial charge on any atom is 0.326 e. The summed E-state index contributed by atoms with van der Waals surface area (Å²) in [5, 5.41) is 0. The van der Waals surface area contributed by atoms with Crippen molar-refractivity contribution in [3.05, 3.63) is 0 Å². The molecule has 1 spiro atoms. The number of carbonyl (C=O) groups excluding carboxylic acids is 1. The Balaban J connectivity index is 2.06. The van der Waals surface area contributed by atoms with Crippen molar-refractivity contribution in [2.75, 3.05) is 6.61 Å². The predicted octanol–water partition coefficient (Wildman–Crippen LogP) is 0.821.